The molecule has 1 atom stereocenters. The number of carboxylic acids is 1. The fourth-order valence-electron chi connectivity index (χ4n) is 3.11. The van der Waals surface area contributed by atoms with Gasteiger partial charge in [0.2, 0.25) is 0 Å². The highest BCUT2D eigenvalue weighted by molar-refractivity contribution is 5.93. The lowest BCUT2D eigenvalue weighted by Gasteiger charge is -2.31. The van der Waals surface area contributed by atoms with Crippen LogP contribution < -0.4 is 0 Å². The van der Waals surface area contributed by atoms with Gasteiger partial charge in [-0.25, -0.2) is 0 Å². The zero-order chi connectivity index (χ0) is 16.3. The quantitative estimate of drug-likeness (QED) is 0.907. The van der Waals surface area contributed by atoms with Crippen molar-refractivity contribution in [3.63, 3.8) is 0 Å². The summed E-state index contributed by atoms with van der Waals surface area (Å²) in [6.07, 6.45) is 3.20. The van der Waals surface area contributed by atoms with Crippen LogP contribution in [0, 0.1) is 12.8 Å². The molecule has 0 saturated carbocycles. The summed E-state index contributed by atoms with van der Waals surface area (Å²) >= 11 is 0. The van der Waals surface area contributed by atoms with Crippen LogP contribution in [-0.4, -0.2) is 44.8 Å². The van der Waals surface area contributed by atoms with Gasteiger partial charge in [-0.05, 0) is 38.7 Å². The number of amides is 1. The molecule has 0 aliphatic carbocycles. The Bertz CT molecular complexity index is 549. The first kappa shape index (κ1) is 16.5. The molecule has 1 aliphatic rings. The van der Waals surface area contributed by atoms with Gasteiger partial charge in [0, 0.05) is 13.1 Å². The molecule has 0 bridgehead atoms. The average Bonchev–Trinajstić information content (AvgIpc) is 2.89. The second-order valence-electron chi connectivity index (χ2n) is 6.01. The van der Waals surface area contributed by atoms with Crippen LogP contribution in [-0.2, 0) is 4.79 Å². The lowest BCUT2D eigenvalue weighted by atomic mass is 9.98. The molecule has 6 nitrogen and oxygen atoms in total. The predicted octanol–water partition coefficient (Wildman–Crippen LogP) is 2.49. The van der Waals surface area contributed by atoms with E-state index >= 15 is 0 Å². The average molecular weight is 307 g/mol. The predicted molar refractivity (Wildman–Crippen MR) is 82.8 cm³/mol. The number of rotatable bonds is 5. The minimum absolute atomic E-state index is 0.0987. The number of nitrogens with zero attached hydrogens (tertiary/aromatic N) is 3. The number of carboxylic acid groups (broad SMARTS) is 1. The van der Waals surface area contributed by atoms with Crippen LogP contribution in [0.1, 0.15) is 61.8 Å². The highest BCUT2D eigenvalue weighted by Gasteiger charge is 2.30. The molecule has 22 heavy (non-hydrogen) atoms. The molecule has 1 saturated heterocycles. The van der Waals surface area contributed by atoms with E-state index in [2.05, 4.69) is 18.9 Å². The topological polar surface area (TPSA) is 75.4 Å². The van der Waals surface area contributed by atoms with Crippen molar-refractivity contribution < 1.29 is 14.7 Å². The van der Waals surface area contributed by atoms with Gasteiger partial charge in [-0.2, -0.15) is 5.10 Å². The molecule has 1 unspecified atom stereocenters. The van der Waals surface area contributed by atoms with E-state index in [0.717, 1.165) is 25.0 Å². The van der Waals surface area contributed by atoms with E-state index < -0.39 is 11.9 Å². The molecule has 1 aromatic heterocycles. The summed E-state index contributed by atoms with van der Waals surface area (Å²) in [4.78, 5) is 25.7. The van der Waals surface area contributed by atoms with Crippen molar-refractivity contribution in [2.45, 2.75) is 52.5 Å². The van der Waals surface area contributed by atoms with E-state index in [4.69, 9.17) is 0 Å². The molecule has 1 aliphatic heterocycles. The van der Waals surface area contributed by atoms with Crippen LogP contribution in [0.3, 0.4) is 0 Å². The number of carbonyl (C=O) groups is 2. The SMILES string of the molecule is CCC(CC)n1nc(C)cc1C(=O)N1CCCC(C(=O)O)C1. The third-order valence-corrected chi connectivity index (χ3v) is 4.42. The number of hydrogen-bond acceptors (Lipinski definition) is 3. The standard InChI is InChI=1S/C16H25N3O3/c1-4-13(5-2)19-14(9-11(3)17-19)15(20)18-8-6-7-12(10-18)16(21)22/h9,12-13H,4-8,10H2,1-3H3,(H,21,22). The molecule has 0 radical (unpaired) electrons. The molecule has 2 heterocycles. The molecule has 1 amide bonds. The zero-order valence-electron chi connectivity index (χ0n) is 13.6. The molecular weight excluding hydrogens is 282 g/mol. The maximum absolute atomic E-state index is 12.8. The molecule has 1 N–H and O–H groups in total. The summed E-state index contributed by atoms with van der Waals surface area (Å²) in [6.45, 7) is 6.96. The van der Waals surface area contributed by atoms with Crippen molar-refractivity contribution in [1.29, 1.82) is 0 Å². The van der Waals surface area contributed by atoms with Crippen LogP contribution in [0.15, 0.2) is 6.07 Å². The maximum atomic E-state index is 12.8. The van der Waals surface area contributed by atoms with Gasteiger partial charge in [-0.15, -0.1) is 0 Å². The summed E-state index contributed by atoms with van der Waals surface area (Å²) in [7, 11) is 0. The Balaban J connectivity index is 2.24. The molecular formula is C16H25N3O3. The van der Waals surface area contributed by atoms with Gasteiger partial charge >= 0.3 is 5.97 Å². The van der Waals surface area contributed by atoms with Gasteiger partial charge < -0.3 is 10.0 Å². The smallest absolute Gasteiger partial charge is 0.308 e. The van der Waals surface area contributed by atoms with E-state index in [0.29, 0.717) is 25.2 Å². The van der Waals surface area contributed by atoms with Crippen LogP contribution in [0.2, 0.25) is 0 Å². The fraction of sp³-hybridized carbons (Fsp3) is 0.688. The van der Waals surface area contributed by atoms with Crippen molar-refractivity contribution >= 4 is 11.9 Å². The van der Waals surface area contributed by atoms with E-state index in [1.807, 2.05) is 17.7 Å². The highest BCUT2D eigenvalue weighted by atomic mass is 16.4. The summed E-state index contributed by atoms with van der Waals surface area (Å²) < 4.78 is 1.82. The van der Waals surface area contributed by atoms with Gasteiger partial charge in [0.1, 0.15) is 5.69 Å². The molecule has 2 rings (SSSR count). The monoisotopic (exact) mass is 307 g/mol. The Morgan fingerprint density at radius 1 is 1.41 bits per heavy atom. The van der Waals surface area contributed by atoms with E-state index in [9.17, 15) is 14.7 Å². The lowest BCUT2D eigenvalue weighted by Crippen LogP contribution is -2.43. The van der Waals surface area contributed by atoms with Crippen LogP contribution in [0.5, 0.6) is 0 Å². The molecule has 1 aromatic rings. The first-order valence-corrected chi connectivity index (χ1v) is 8.06. The number of aliphatic carboxylic acids is 1. The van der Waals surface area contributed by atoms with E-state index in [-0.39, 0.29) is 11.9 Å². The highest BCUT2D eigenvalue weighted by Crippen LogP contribution is 2.23. The van der Waals surface area contributed by atoms with Gasteiger partial charge in [0.25, 0.3) is 5.91 Å². The Labute approximate surface area is 131 Å². The number of hydrogen-bond donors (Lipinski definition) is 1. The molecule has 6 heteroatoms. The number of piperidine rings is 1. The largest absolute Gasteiger partial charge is 0.481 e. The number of likely N-dealkylation sites (tertiary alicyclic amines) is 1. The number of carbonyl (C=O) groups excluding carboxylic acids is 1. The Hall–Kier alpha value is -1.85. The normalized spacial score (nSPS) is 18.7. The summed E-state index contributed by atoms with van der Waals surface area (Å²) in [5.41, 5.74) is 1.40. The van der Waals surface area contributed by atoms with E-state index in [1.54, 1.807) is 4.90 Å². The molecule has 122 valence electrons. The fourth-order valence-corrected chi connectivity index (χ4v) is 3.11. The Kier molecular flexibility index (Phi) is 5.21. The third kappa shape index (κ3) is 3.31. The number of aryl methyl sites for hydroxylation is 1. The minimum atomic E-state index is -0.817. The van der Waals surface area contributed by atoms with Gasteiger partial charge in [-0.3, -0.25) is 14.3 Å². The van der Waals surface area contributed by atoms with Gasteiger partial charge in [0.05, 0.1) is 17.7 Å². The summed E-state index contributed by atoms with van der Waals surface area (Å²) in [6, 6.07) is 2.01. The molecule has 1 fully saturated rings. The minimum Gasteiger partial charge on any atom is -0.481 e. The van der Waals surface area contributed by atoms with Crippen molar-refractivity contribution in [3.05, 3.63) is 17.5 Å². The second-order valence-corrected chi connectivity index (χ2v) is 6.01. The van der Waals surface area contributed by atoms with Crippen molar-refractivity contribution in [1.82, 2.24) is 14.7 Å². The first-order chi connectivity index (χ1) is 10.5. The lowest BCUT2D eigenvalue weighted by molar-refractivity contribution is -0.143. The maximum Gasteiger partial charge on any atom is 0.308 e. The number of aromatic nitrogens is 2. The Morgan fingerprint density at radius 3 is 2.68 bits per heavy atom. The van der Waals surface area contributed by atoms with E-state index in [1.165, 1.54) is 0 Å². The third-order valence-electron chi connectivity index (χ3n) is 4.42. The van der Waals surface area contributed by atoms with Crippen LogP contribution >= 0.6 is 0 Å². The van der Waals surface area contributed by atoms with Gasteiger partial charge in [-0.1, -0.05) is 13.8 Å². The van der Waals surface area contributed by atoms with Crippen molar-refractivity contribution in [2.75, 3.05) is 13.1 Å². The second kappa shape index (κ2) is 6.94. The first-order valence-electron chi connectivity index (χ1n) is 8.06. The summed E-state index contributed by atoms with van der Waals surface area (Å²) in [5, 5.41) is 13.7. The molecule has 0 spiro atoms. The zero-order valence-corrected chi connectivity index (χ0v) is 13.6. The van der Waals surface area contributed by atoms with Crippen molar-refractivity contribution in [2.24, 2.45) is 5.92 Å². The van der Waals surface area contributed by atoms with Crippen molar-refractivity contribution in [3.8, 4) is 0 Å². The van der Waals surface area contributed by atoms with Gasteiger partial charge in [0.15, 0.2) is 0 Å². The Morgan fingerprint density at radius 2 is 2.09 bits per heavy atom. The van der Waals surface area contributed by atoms with Crippen LogP contribution in [0.4, 0.5) is 0 Å². The van der Waals surface area contributed by atoms with Crippen LogP contribution in [0.25, 0.3) is 0 Å². The molecule has 0 aromatic carbocycles. The summed E-state index contributed by atoms with van der Waals surface area (Å²) in [5.74, 6) is -1.37.